The van der Waals surface area contributed by atoms with Gasteiger partial charge in [-0.2, -0.15) is 0 Å². The number of nitrogens with zero attached hydrogens (tertiary/aromatic N) is 2. The second-order valence-corrected chi connectivity index (χ2v) is 6.19. The summed E-state index contributed by atoms with van der Waals surface area (Å²) in [6, 6.07) is 12.5. The van der Waals surface area contributed by atoms with Crippen LogP contribution in [0.3, 0.4) is 0 Å². The molecule has 1 unspecified atom stereocenters. The molecule has 0 saturated heterocycles. The Morgan fingerprint density at radius 3 is 2.50 bits per heavy atom. The number of nitrogen functional groups attached to an aromatic ring is 1. The number of benzene rings is 1. The molecule has 1 saturated carbocycles. The summed E-state index contributed by atoms with van der Waals surface area (Å²) in [6.45, 7) is 5.49. The van der Waals surface area contributed by atoms with Crippen LogP contribution in [0.5, 0.6) is 0 Å². The summed E-state index contributed by atoms with van der Waals surface area (Å²) in [6.07, 6.45) is 2.67. The van der Waals surface area contributed by atoms with Gasteiger partial charge in [-0.05, 0) is 17.4 Å². The third kappa shape index (κ3) is 2.11. The third-order valence-corrected chi connectivity index (χ3v) is 4.50. The molecule has 1 atom stereocenters. The van der Waals surface area contributed by atoms with Crippen LogP contribution in [0.1, 0.15) is 25.8 Å². The Labute approximate surface area is 119 Å². The summed E-state index contributed by atoms with van der Waals surface area (Å²) in [5.74, 6) is 1.28. The minimum Gasteiger partial charge on any atom is -0.384 e. The van der Waals surface area contributed by atoms with E-state index in [2.05, 4.69) is 59.5 Å². The fourth-order valence-corrected chi connectivity index (χ4v) is 3.07. The average Bonchev–Trinajstić information content (AvgIpc) is 3.01. The highest BCUT2D eigenvalue weighted by atomic mass is 15.0. The zero-order chi connectivity index (χ0) is 14.2. The normalized spacial score (nSPS) is 23.3. The van der Waals surface area contributed by atoms with Crippen molar-refractivity contribution in [2.24, 2.45) is 5.41 Å². The first-order valence-corrected chi connectivity index (χ1v) is 6.90. The van der Waals surface area contributed by atoms with Crippen LogP contribution in [0, 0.1) is 5.41 Å². The molecule has 0 spiro atoms. The number of hydrogen-bond donors (Lipinski definition) is 2. The Balaban J connectivity index is 1.80. The molecule has 0 bridgehead atoms. The van der Waals surface area contributed by atoms with E-state index in [1.165, 1.54) is 18.3 Å². The summed E-state index contributed by atoms with van der Waals surface area (Å²) < 4.78 is 0. The van der Waals surface area contributed by atoms with Gasteiger partial charge in [0.15, 0.2) is 0 Å². The summed E-state index contributed by atoms with van der Waals surface area (Å²) in [5.41, 5.74) is 7.56. The molecule has 3 N–H and O–H groups in total. The molecule has 4 nitrogen and oxygen atoms in total. The van der Waals surface area contributed by atoms with Crippen molar-refractivity contribution < 1.29 is 0 Å². The average molecular weight is 268 g/mol. The molecule has 1 aliphatic rings. The van der Waals surface area contributed by atoms with Crippen LogP contribution in [0.25, 0.3) is 0 Å². The summed E-state index contributed by atoms with van der Waals surface area (Å²) in [7, 11) is 0. The molecule has 104 valence electrons. The lowest BCUT2D eigenvalue weighted by Gasteiger charge is -2.22. The van der Waals surface area contributed by atoms with Gasteiger partial charge in [0, 0.05) is 18.0 Å². The van der Waals surface area contributed by atoms with Crippen molar-refractivity contribution >= 4 is 11.6 Å². The van der Waals surface area contributed by atoms with Crippen LogP contribution in [-0.2, 0) is 5.41 Å². The fraction of sp³-hybridized carbons (Fsp3) is 0.375. The molecule has 3 rings (SSSR count). The number of nitrogens with two attached hydrogens (primary N) is 1. The van der Waals surface area contributed by atoms with Gasteiger partial charge in [0.05, 0.1) is 0 Å². The molecule has 1 aromatic carbocycles. The first kappa shape index (κ1) is 12.9. The number of rotatable bonds is 4. The van der Waals surface area contributed by atoms with Gasteiger partial charge in [0.2, 0.25) is 0 Å². The maximum atomic E-state index is 5.69. The van der Waals surface area contributed by atoms with E-state index in [1.54, 1.807) is 6.07 Å². The van der Waals surface area contributed by atoms with Crippen LogP contribution in [0.15, 0.2) is 42.7 Å². The SMILES string of the molecule is CC1(C)CC1(CNc1cc(N)ncn1)c1ccccc1. The first-order chi connectivity index (χ1) is 9.53. The minimum atomic E-state index is 0.175. The van der Waals surface area contributed by atoms with Crippen molar-refractivity contribution in [1.82, 2.24) is 9.97 Å². The fourth-order valence-electron chi connectivity index (χ4n) is 3.07. The van der Waals surface area contributed by atoms with Gasteiger partial charge in [-0.15, -0.1) is 0 Å². The van der Waals surface area contributed by atoms with Crippen molar-refractivity contribution in [3.05, 3.63) is 48.3 Å². The monoisotopic (exact) mass is 268 g/mol. The van der Waals surface area contributed by atoms with Gasteiger partial charge in [-0.3, -0.25) is 0 Å². The number of nitrogens with one attached hydrogen (secondary N) is 1. The van der Waals surface area contributed by atoms with Crippen LogP contribution in [0.2, 0.25) is 0 Å². The lowest BCUT2D eigenvalue weighted by molar-refractivity contribution is 0.512. The number of aromatic nitrogens is 2. The Morgan fingerprint density at radius 2 is 1.90 bits per heavy atom. The molecule has 1 fully saturated rings. The van der Waals surface area contributed by atoms with E-state index in [1.807, 2.05) is 0 Å². The molecule has 0 amide bonds. The molecule has 2 aromatic rings. The second kappa shape index (κ2) is 4.47. The minimum absolute atomic E-state index is 0.175. The first-order valence-electron chi connectivity index (χ1n) is 6.90. The predicted octanol–water partition coefficient (Wildman–Crippen LogP) is 2.84. The lowest BCUT2D eigenvalue weighted by Crippen LogP contribution is -2.25. The van der Waals surface area contributed by atoms with Gasteiger partial charge in [0.1, 0.15) is 18.0 Å². The maximum Gasteiger partial charge on any atom is 0.131 e. The van der Waals surface area contributed by atoms with Gasteiger partial charge in [-0.25, -0.2) is 9.97 Å². The largest absolute Gasteiger partial charge is 0.384 e. The third-order valence-electron chi connectivity index (χ3n) is 4.50. The predicted molar refractivity (Wildman–Crippen MR) is 81.5 cm³/mol. The zero-order valence-electron chi connectivity index (χ0n) is 11.9. The summed E-state index contributed by atoms with van der Waals surface area (Å²) >= 11 is 0. The zero-order valence-corrected chi connectivity index (χ0v) is 11.9. The quantitative estimate of drug-likeness (QED) is 0.895. The van der Waals surface area contributed by atoms with Crippen molar-refractivity contribution in [3.8, 4) is 0 Å². The highest BCUT2D eigenvalue weighted by Crippen LogP contribution is 2.64. The van der Waals surface area contributed by atoms with E-state index in [-0.39, 0.29) is 5.41 Å². The Hall–Kier alpha value is -2.10. The van der Waals surface area contributed by atoms with Crippen molar-refractivity contribution in [3.63, 3.8) is 0 Å². The molecular weight excluding hydrogens is 248 g/mol. The van der Waals surface area contributed by atoms with E-state index in [4.69, 9.17) is 5.73 Å². The standard InChI is InChI=1S/C16H20N4/c1-15(2)9-16(15,12-6-4-3-5-7-12)10-18-14-8-13(17)19-11-20-14/h3-8,11H,9-10H2,1-2H3,(H3,17,18,19,20). The molecule has 0 radical (unpaired) electrons. The Kier molecular flexibility index (Phi) is 2.89. The molecule has 0 aliphatic heterocycles. The van der Waals surface area contributed by atoms with E-state index in [9.17, 15) is 0 Å². The summed E-state index contributed by atoms with van der Waals surface area (Å²) in [5, 5.41) is 3.41. The molecular formula is C16H20N4. The van der Waals surface area contributed by atoms with Crippen molar-refractivity contribution in [2.75, 3.05) is 17.6 Å². The van der Waals surface area contributed by atoms with Crippen molar-refractivity contribution in [1.29, 1.82) is 0 Å². The molecule has 1 aliphatic carbocycles. The van der Waals surface area contributed by atoms with Crippen molar-refractivity contribution in [2.45, 2.75) is 25.7 Å². The Morgan fingerprint density at radius 1 is 1.20 bits per heavy atom. The van der Waals surface area contributed by atoms with Crippen LogP contribution < -0.4 is 11.1 Å². The molecule has 4 heteroatoms. The van der Waals surface area contributed by atoms with Gasteiger partial charge >= 0.3 is 0 Å². The van der Waals surface area contributed by atoms with E-state index in [0.717, 1.165) is 12.4 Å². The smallest absolute Gasteiger partial charge is 0.131 e. The Bertz CT molecular complexity index is 609. The molecule has 1 heterocycles. The van der Waals surface area contributed by atoms with Crippen LogP contribution in [0.4, 0.5) is 11.6 Å². The van der Waals surface area contributed by atoms with Gasteiger partial charge < -0.3 is 11.1 Å². The van der Waals surface area contributed by atoms with E-state index >= 15 is 0 Å². The van der Waals surface area contributed by atoms with Crippen LogP contribution in [-0.4, -0.2) is 16.5 Å². The molecule has 1 aromatic heterocycles. The van der Waals surface area contributed by atoms with Gasteiger partial charge in [-0.1, -0.05) is 44.2 Å². The lowest BCUT2D eigenvalue weighted by atomic mass is 9.88. The van der Waals surface area contributed by atoms with Crippen LogP contribution >= 0.6 is 0 Å². The summed E-state index contributed by atoms with van der Waals surface area (Å²) in [4.78, 5) is 8.12. The van der Waals surface area contributed by atoms with E-state index in [0.29, 0.717) is 11.2 Å². The highest BCUT2D eigenvalue weighted by molar-refractivity contribution is 5.46. The topological polar surface area (TPSA) is 63.8 Å². The highest BCUT2D eigenvalue weighted by Gasteiger charge is 2.61. The number of hydrogen-bond acceptors (Lipinski definition) is 4. The van der Waals surface area contributed by atoms with Gasteiger partial charge in [0.25, 0.3) is 0 Å². The van der Waals surface area contributed by atoms with E-state index < -0.39 is 0 Å². The molecule has 20 heavy (non-hydrogen) atoms. The second-order valence-electron chi connectivity index (χ2n) is 6.19. The maximum absolute atomic E-state index is 5.69. The number of anilines is 2.